The number of nitrogens with two attached hydrogens (primary N) is 1. The number of rotatable bonds is 8. The van der Waals surface area contributed by atoms with E-state index in [0.717, 1.165) is 4.90 Å². The minimum absolute atomic E-state index is 0.189. The minimum atomic E-state index is -0.751. The highest BCUT2D eigenvalue weighted by Crippen LogP contribution is 2.22. The summed E-state index contributed by atoms with van der Waals surface area (Å²) in [7, 11) is 1.47. The quantitative estimate of drug-likeness (QED) is 0.500. The summed E-state index contributed by atoms with van der Waals surface area (Å²) in [5.74, 6) is -0.970. The van der Waals surface area contributed by atoms with E-state index in [1.807, 2.05) is 24.5 Å². The van der Waals surface area contributed by atoms with E-state index in [9.17, 15) is 19.2 Å². The molecule has 1 aromatic carbocycles. The van der Waals surface area contributed by atoms with E-state index >= 15 is 0 Å². The maximum absolute atomic E-state index is 12.8. The molecule has 0 radical (unpaired) electrons. The fourth-order valence-corrected chi connectivity index (χ4v) is 4.15. The Bertz CT molecular complexity index is 807. The second-order valence-corrected chi connectivity index (χ2v) is 8.66. The Hall–Kier alpha value is -2.40. The molecule has 30 heavy (non-hydrogen) atoms. The van der Waals surface area contributed by atoms with Crippen molar-refractivity contribution in [1.29, 1.82) is 0 Å². The largest absolute Gasteiger partial charge is 0.368 e. The zero-order valence-electron chi connectivity index (χ0n) is 17.2. The molecular formula is C19H27N5O4S2. The Morgan fingerprint density at radius 2 is 2.00 bits per heavy atom. The smallest absolute Gasteiger partial charge is 0.319 e. The van der Waals surface area contributed by atoms with E-state index < -0.39 is 24.0 Å². The molecule has 1 heterocycles. The zero-order valence-corrected chi connectivity index (χ0v) is 18.8. The average molecular weight is 454 g/mol. The standard InChI is InChI=1S/C19H27N5O4S2/c1-23(10-16(20)25)18(27)15-8-13(9-24(15)17(26)11-29-2)22-19(28)21-12-5-4-6-14(7-12)30-3/h4-7,13,15H,8-11H2,1-3H3,(H2,20,25)(H2,21,22,28)/t13-,15+/m0/s1. The fraction of sp³-hybridized carbons (Fsp3) is 0.474. The van der Waals surface area contributed by atoms with E-state index in [2.05, 4.69) is 10.6 Å². The molecule has 11 heteroatoms. The number of thioether (sulfide) groups is 2. The van der Waals surface area contributed by atoms with Gasteiger partial charge in [0.25, 0.3) is 0 Å². The van der Waals surface area contributed by atoms with Crippen LogP contribution in [0.4, 0.5) is 10.5 Å². The third-order valence-corrected chi connectivity index (χ3v) is 5.87. The summed E-state index contributed by atoms with van der Waals surface area (Å²) < 4.78 is 0. The average Bonchev–Trinajstić information content (AvgIpc) is 3.10. The molecule has 9 nitrogen and oxygen atoms in total. The first-order chi connectivity index (χ1) is 14.2. The SMILES string of the molecule is CSCC(=O)N1C[C@@H](NC(=O)Nc2cccc(SC)c2)C[C@@H]1C(=O)N(C)CC(N)=O. The van der Waals surface area contributed by atoms with Crippen LogP contribution in [0.2, 0.25) is 0 Å². The minimum Gasteiger partial charge on any atom is -0.368 e. The first kappa shape index (κ1) is 23.9. The van der Waals surface area contributed by atoms with Gasteiger partial charge in [0, 0.05) is 24.2 Å². The van der Waals surface area contributed by atoms with Crippen LogP contribution >= 0.6 is 23.5 Å². The summed E-state index contributed by atoms with van der Waals surface area (Å²) in [5.41, 5.74) is 5.83. The van der Waals surface area contributed by atoms with E-state index in [1.165, 1.54) is 28.6 Å². The number of carbonyl (C=O) groups is 4. The number of nitrogens with zero attached hydrogens (tertiary/aromatic N) is 2. The lowest BCUT2D eigenvalue weighted by atomic mass is 10.1. The van der Waals surface area contributed by atoms with Crippen molar-refractivity contribution in [3.8, 4) is 0 Å². The first-order valence-corrected chi connectivity index (χ1v) is 11.9. The summed E-state index contributed by atoms with van der Waals surface area (Å²) in [6.07, 6.45) is 4.01. The van der Waals surface area contributed by atoms with Crippen molar-refractivity contribution in [2.24, 2.45) is 5.73 Å². The Morgan fingerprint density at radius 1 is 1.27 bits per heavy atom. The van der Waals surface area contributed by atoms with Crippen molar-refractivity contribution in [2.75, 3.05) is 43.7 Å². The van der Waals surface area contributed by atoms with Crippen molar-refractivity contribution in [3.63, 3.8) is 0 Å². The zero-order chi connectivity index (χ0) is 22.3. The van der Waals surface area contributed by atoms with Crippen LogP contribution in [0, 0.1) is 0 Å². The number of benzene rings is 1. The van der Waals surface area contributed by atoms with Crippen LogP contribution in [0.15, 0.2) is 29.2 Å². The summed E-state index contributed by atoms with van der Waals surface area (Å²) in [4.78, 5) is 52.6. The number of anilines is 1. The number of amides is 5. The van der Waals surface area contributed by atoms with Crippen LogP contribution in [-0.2, 0) is 14.4 Å². The Balaban J connectivity index is 2.05. The summed E-state index contributed by atoms with van der Waals surface area (Å²) in [6, 6.07) is 5.89. The van der Waals surface area contributed by atoms with Gasteiger partial charge in [0.15, 0.2) is 0 Å². The molecule has 2 rings (SSSR count). The van der Waals surface area contributed by atoms with Crippen molar-refractivity contribution in [1.82, 2.24) is 15.1 Å². The van der Waals surface area contributed by atoms with Crippen molar-refractivity contribution >= 4 is 53.0 Å². The van der Waals surface area contributed by atoms with Gasteiger partial charge in [-0.15, -0.1) is 11.8 Å². The molecule has 164 valence electrons. The van der Waals surface area contributed by atoms with Crippen LogP contribution < -0.4 is 16.4 Å². The molecule has 1 fully saturated rings. The van der Waals surface area contributed by atoms with Gasteiger partial charge in [-0.05, 0) is 37.1 Å². The van der Waals surface area contributed by atoms with Crippen molar-refractivity contribution in [2.45, 2.75) is 23.4 Å². The number of urea groups is 1. The van der Waals surface area contributed by atoms with Gasteiger partial charge in [0.1, 0.15) is 6.04 Å². The summed E-state index contributed by atoms with van der Waals surface area (Å²) in [5, 5.41) is 5.61. The molecule has 1 aliphatic rings. The molecule has 2 atom stereocenters. The van der Waals surface area contributed by atoms with Crippen LogP contribution in [-0.4, -0.2) is 84.0 Å². The van der Waals surface area contributed by atoms with Gasteiger partial charge in [-0.25, -0.2) is 4.79 Å². The lowest BCUT2D eigenvalue weighted by molar-refractivity contribution is -0.142. The molecular weight excluding hydrogens is 426 g/mol. The predicted octanol–water partition coefficient (Wildman–Crippen LogP) is 0.806. The van der Waals surface area contributed by atoms with Gasteiger partial charge >= 0.3 is 6.03 Å². The molecule has 0 aliphatic carbocycles. The van der Waals surface area contributed by atoms with Gasteiger partial charge in [0.2, 0.25) is 17.7 Å². The monoisotopic (exact) mass is 453 g/mol. The van der Waals surface area contributed by atoms with Crippen molar-refractivity contribution in [3.05, 3.63) is 24.3 Å². The number of primary amides is 1. The van der Waals surface area contributed by atoms with Crippen LogP contribution in [0.5, 0.6) is 0 Å². The number of nitrogens with one attached hydrogen (secondary N) is 2. The highest BCUT2D eigenvalue weighted by Gasteiger charge is 2.41. The maximum atomic E-state index is 12.8. The fourth-order valence-electron chi connectivity index (χ4n) is 3.28. The Morgan fingerprint density at radius 3 is 2.63 bits per heavy atom. The second-order valence-electron chi connectivity index (χ2n) is 6.92. The number of hydrogen-bond donors (Lipinski definition) is 3. The van der Waals surface area contributed by atoms with Gasteiger partial charge in [0.05, 0.1) is 18.3 Å². The third kappa shape index (κ3) is 6.56. The topological polar surface area (TPSA) is 125 Å². The number of carbonyl (C=O) groups excluding carboxylic acids is 4. The Labute approximate surface area is 184 Å². The molecule has 0 bridgehead atoms. The van der Waals surface area contributed by atoms with Crippen LogP contribution in [0.1, 0.15) is 6.42 Å². The van der Waals surface area contributed by atoms with Crippen LogP contribution in [0.25, 0.3) is 0 Å². The summed E-state index contributed by atoms with van der Waals surface area (Å²) >= 11 is 2.93. The van der Waals surface area contributed by atoms with Gasteiger partial charge in [-0.2, -0.15) is 11.8 Å². The van der Waals surface area contributed by atoms with Gasteiger partial charge in [-0.1, -0.05) is 6.07 Å². The van der Waals surface area contributed by atoms with E-state index in [1.54, 1.807) is 24.1 Å². The highest BCUT2D eigenvalue weighted by molar-refractivity contribution is 7.99. The number of likely N-dealkylation sites (tertiary alicyclic amines) is 1. The summed E-state index contributed by atoms with van der Waals surface area (Å²) in [6.45, 7) is -0.0112. The number of likely N-dealkylation sites (N-methyl/N-ethyl adjacent to an activating group) is 1. The molecule has 1 aromatic rings. The highest BCUT2D eigenvalue weighted by atomic mass is 32.2. The second kappa shape index (κ2) is 11.1. The maximum Gasteiger partial charge on any atom is 0.319 e. The lowest BCUT2D eigenvalue weighted by Gasteiger charge is -2.27. The number of hydrogen-bond acceptors (Lipinski definition) is 6. The normalized spacial score (nSPS) is 18.0. The van der Waals surface area contributed by atoms with Gasteiger partial charge in [-0.3, -0.25) is 14.4 Å². The molecule has 0 saturated carbocycles. The predicted molar refractivity (Wildman–Crippen MR) is 119 cm³/mol. The molecule has 1 aliphatic heterocycles. The molecule has 1 saturated heterocycles. The van der Waals surface area contributed by atoms with E-state index in [-0.39, 0.29) is 37.1 Å². The molecule has 0 spiro atoms. The molecule has 4 N–H and O–H groups in total. The molecule has 0 aromatic heterocycles. The van der Waals surface area contributed by atoms with E-state index in [0.29, 0.717) is 5.69 Å². The van der Waals surface area contributed by atoms with Crippen molar-refractivity contribution < 1.29 is 19.2 Å². The molecule has 0 unspecified atom stereocenters. The van der Waals surface area contributed by atoms with E-state index in [4.69, 9.17) is 5.73 Å². The Kier molecular flexibility index (Phi) is 8.85. The first-order valence-electron chi connectivity index (χ1n) is 9.28. The molecule has 5 amide bonds. The third-order valence-electron chi connectivity index (χ3n) is 4.61. The van der Waals surface area contributed by atoms with Gasteiger partial charge < -0.3 is 26.2 Å². The van der Waals surface area contributed by atoms with Crippen LogP contribution in [0.3, 0.4) is 0 Å². The lowest BCUT2D eigenvalue weighted by Crippen LogP contribution is -2.48.